The van der Waals surface area contributed by atoms with Crippen LogP contribution in [-0.4, -0.2) is 26.2 Å². The molecule has 0 aromatic carbocycles. The maximum Gasteiger partial charge on any atom is 0.359 e. The zero-order valence-electron chi connectivity index (χ0n) is 9.77. The van der Waals surface area contributed by atoms with E-state index in [0.717, 1.165) is 0 Å². The maximum atomic E-state index is 11.8. The Morgan fingerprint density at radius 3 is 2.82 bits per heavy atom. The summed E-state index contributed by atoms with van der Waals surface area (Å²) in [5.41, 5.74) is 0.186. The second-order valence-corrected chi connectivity index (χ2v) is 5.04. The lowest BCUT2D eigenvalue weighted by molar-refractivity contribution is 0.00635. The Morgan fingerprint density at radius 2 is 2.18 bits per heavy atom. The summed E-state index contributed by atoms with van der Waals surface area (Å²) >= 11 is 5.78. The number of hydrogen-bond acceptors (Lipinski definition) is 4. The van der Waals surface area contributed by atoms with Gasteiger partial charge in [0.25, 0.3) is 0 Å². The van der Waals surface area contributed by atoms with E-state index < -0.39 is 11.6 Å². The van der Waals surface area contributed by atoms with Crippen LogP contribution in [0.15, 0.2) is 18.5 Å². The van der Waals surface area contributed by atoms with Gasteiger partial charge in [-0.1, -0.05) is 11.6 Å². The maximum absolute atomic E-state index is 11.8. The van der Waals surface area contributed by atoms with Gasteiger partial charge in [-0.05, 0) is 20.8 Å². The van der Waals surface area contributed by atoms with E-state index in [-0.39, 0.29) is 5.69 Å². The molecule has 0 aliphatic heterocycles. The van der Waals surface area contributed by atoms with Crippen LogP contribution in [0.5, 0.6) is 0 Å². The first-order valence-electron chi connectivity index (χ1n) is 5.09. The minimum absolute atomic E-state index is 0.217. The number of esters is 1. The van der Waals surface area contributed by atoms with Gasteiger partial charge in [0.1, 0.15) is 5.60 Å². The number of hydrogen-bond donors (Lipinski definition) is 0. The highest BCUT2D eigenvalue weighted by molar-refractivity contribution is 6.30. The first-order valence-corrected chi connectivity index (χ1v) is 5.47. The van der Waals surface area contributed by atoms with Crippen molar-refractivity contribution >= 4 is 23.2 Å². The number of aromatic nitrogens is 3. The summed E-state index contributed by atoms with van der Waals surface area (Å²) in [7, 11) is 0. The monoisotopic (exact) mass is 253 g/mol. The molecule has 2 aromatic rings. The third-order valence-corrected chi connectivity index (χ3v) is 2.10. The first kappa shape index (κ1) is 11.9. The highest BCUT2D eigenvalue weighted by Crippen LogP contribution is 2.14. The largest absolute Gasteiger partial charge is 0.455 e. The van der Waals surface area contributed by atoms with Crippen molar-refractivity contribution in [3.63, 3.8) is 0 Å². The Balaban J connectivity index is 2.33. The number of carbonyl (C=O) groups is 1. The van der Waals surface area contributed by atoms with Gasteiger partial charge in [-0.3, -0.25) is 0 Å². The van der Waals surface area contributed by atoms with E-state index in [1.165, 1.54) is 16.9 Å². The van der Waals surface area contributed by atoms with E-state index in [9.17, 15) is 4.79 Å². The molecule has 0 saturated heterocycles. The summed E-state index contributed by atoms with van der Waals surface area (Å²) in [5, 5.41) is 4.47. The van der Waals surface area contributed by atoms with Crippen molar-refractivity contribution in [1.82, 2.24) is 14.6 Å². The number of imidazole rings is 1. The lowest BCUT2D eigenvalue weighted by atomic mass is 10.2. The Morgan fingerprint density at radius 1 is 1.47 bits per heavy atom. The molecule has 2 heterocycles. The van der Waals surface area contributed by atoms with Crippen LogP contribution in [0.1, 0.15) is 31.3 Å². The molecule has 2 aromatic heterocycles. The molecular formula is C11H12ClN3O2. The zero-order chi connectivity index (χ0) is 12.6. The molecule has 6 heteroatoms. The van der Waals surface area contributed by atoms with Gasteiger partial charge in [0.2, 0.25) is 0 Å². The molecule has 0 aliphatic carbocycles. The topological polar surface area (TPSA) is 56.5 Å². The third-order valence-electron chi connectivity index (χ3n) is 1.89. The molecule has 17 heavy (non-hydrogen) atoms. The molecule has 0 N–H and O–H groups in total. The number of nitrogens with zero attached hydrogens (tertiary/aromatic N) is 3. The smallest absolute Gasteiger partial charge is 0.359 e. The predicted octanol–water partition coefficient (Wildman–Crippen LogP) is 2.34. The Kier molecular flexibility index (Phi) is 2.79. The molecule has 0 radical (unpaired) electrons. The molecule has 0 saturated carbocycles. The van der Waals surface area contributed by atoms with Crippen LogP contribution in [-0.2, 0) is 4.74 Å². The fourth-order valence-corrected chi connectivity index (χ4v) is 1.42. The van der Waals surface area contributed by atoms with Crippen molar-refractivity contribution < 1.29 is 9.53 Å². The van der Waals surface area contributed by atoms with E-state index in [4.69, 9.17) is 16.3 Å². The summed E-state index contributed by atoms with van der Waals surface area (Å²) in [6, 6.07) is 1.63. The van der Waals surface area contributed by atoms with Crippen molar-refractivity contribution in [1.29, 1.82) is 0 Å². The van der Waals surface area contributed by atoms with Gasteiger partial charge in [-0.15, -0.1) is 0 Å². The van der Waals surface area contributed by atoms with E-state index in [1.54, 1.807) is 26.8 Å². The average Bonchev–Trinajstić information content (AvgIpc) is 2.57. The van der Waals surface area contributed by atoms with E-state index in [0.29, 0.717) is 10.7 Å². The minimum atomic E-state index is -0.544. The Hall–Kier alpha value is -1.62. The average molecular weight is 254 g/mol. The van der Waals surface area contributed by atoms with Crippen molar-refractivity contribution in [2.24, 2.45) is 0 Å². The summed E-state index contributed by atoms with van der Waals surface area (Å²) in [6.07, 6.45) is 2.99. The SMILES string of the molecule is CC(C)(C)OC(=O)c1cn2ncc(Cl)cc2n1. The quantitative estimate of drug-likeness (QED) is 0.732. The normalized spacial score (nSPS) is 11.8. The number of carbonyl (C=O) groups excluding carboxylic acids is 1. The van der Waals surface area contributed by atoms with Crippen LogP contribution in [0.4, 0.5) is 0 Å². The number of rotatable bonds is 1. The molecule has 0 aliphatic rings. The van der Waals surface area contributed by atoms with Gasteiger partial charge in [0.05, 0.1) is 17.4 Å². The molecular weight excluding hydrogens is 242 g/mol. The van der Waals surface area contributed by atoms with Crippen LogP contribution < -0.4 is 0 Å². The predicted molar refractivity (Wildman–Crippen MR) is 63.2 cm³/mol. The van der Waals surface area contributed by atoms with Crippen molar-refractivity contribution in [2.45, 2.75) is 26.4 Å². The molecule has 0 amide bonds. The highest BCUT2D eigenvalue weighted by atomic mass is 35.5. The van der Waals surface area contributed by atoms with Crippen molar-refractivity contribution in [3.8, 4) is 0 Å². The van der Waals surface area contributed by atoms with Gasteiger partial charge < -0.3 is 4.74 Å². The van der Waals surface area contributed by atoms with Gasteiger partial charge in [-0.2, -0.15) is 5.10 Å². The van der Waals surface area contributed by atoms with Crippen LogP contribution >= 0.6 is 11.6 Å². The Bertz CT molecular complexity index is 572. The van der Waals surface area contributed by atoms with Crippen molar-refractivity contribution in [2.75, 3.05) is 0 Å². The van der Waals surface area contributed by atoms with Gasteiger partial charge in [0.15, 0.2) is 11.3 Å². The molecule has 0 unspecified atom stereocenters. The lowest BCUT2D eigenvalue weighted by Gasteiger charge is -2.18. The summed E-state index contributed by atoms with van der Waals surface area (Å²) in [4.78, 5) is 15.9. The third kappa shape index (κ3) is 2.74. The molecule has 0 atom stereocenters. The fraction of sp³-hybridized carbons (Fsp3) is 0.364. The highest BCUT2D eigenvalue weighted by Gasteiger charge is 2.20. The van der Waals surface area contributed by atoms with Crippen LogP contribution in [0.2, 0.25) is 5.02 Å². The second kappa shape index (κ2) is 4.00. The van der Waals surface area contributed by atoms with E-state index >= 15 is 0 Å². The van der Waals surface area contributed by atoms with Crippen LogP contribution in [0, 0.1) is 0 Å². The summed E-state index contributed by atoms with van der Waals surface area (Å²) in [6.45, 7) is 5.40. The van der Waals surface area contributed by atoms with E-state index in [2.05, 4.69) is 10.1 Å². The summed E-state index contributed by atoms with van der Waals surface area (Å²) < 4.78 is 6.69. The minimum Gasteiger partial charge on any atom is -0.455 e. The standard InChI is InChI=1S/C11H12ClN3O2/c1-11(2,3)17-10(16)8-6-15-9(14-8)4-7(12)5-13-15/h4-6H,1-3H3. The molecule has 2 rings (SSSR count). The summed E-state index contributed by atoms with van der Waals surface area (Å²) in [5.74, 6) is -0.473. The first-order chi connectivity index (χ1) is 7.85. The fourth-order valence-electron chi connectivity index (χ4n) is 1.28. The molecule has 0 bridgehead atoms. The lowest BCUT2D eigenvalue weighted by Crippen LogP contribution is -2.24. The van der Waals surface area contributed by atoms with Crippen LogP contribution in [0.25, 0.3) is 5.65 Å². The van der Waals surface area contributed by atoms with Crippen LogP contribution in [0.3, 0.4) is 0 Å². The molecule has 90 valence electrons. The van der Waals surface area contributed by atoms with E-state index in [1.807, 2.05) is 0 Å². The number of halogens is 1. The van der Waals surface area contributed by atoms with Gasteiger partial charge in [-0.25, -0.2) is 14.3 Å². The number of fused-ring (bicyclic) bond motifs is 1. The number of ether oxygens (including phenoxy) is 1. The molecule has 5 nitrogen and oxygen atoms in total. The van der Waals surface area contributed by atoms with Gasteiger partial charge >= 0.3 is 5.97 Å². The Labute approximate surface area is 103 Å². The molecule has 0 spiro atoms. The molecule has 0 fully saturated rings. The van der Waals surface area contributed by atoms with Crippen molar-refractivity contribution in [3.05, 3.63) is 29.2 Å². The second-order valence-electron chi connectivity index (χ2n) is 4.60. The zero-order valence-corrected chi connectivity index (χ0v) is 10.5. The van der Waals surface area contributed by atoms with Gasteiger partial charge in [0, 0.05) is 6.07 Å².